The number of ether oxygens (including phenoxy) is 2. The molecule has 1 N–H and O–H groups in total. The van der Waals surface area contributed by atoms with Gasteiger partial charge in [0.15, 0.2) is 11.5 Å². The molecule has 0 saturated carbocycles. The minimum atomic E-state index is -0.272. The molecule has 1 heterocycles. The average Bonchev–Trinajstić information content (AvgIpc) is 2.66. The van der Waals surface area contributed by atoms with Gasteiger partial charge in [0.1, 0.15) is 13.2 Å². The maximum atomic E-state index is 12.5. The lowest BCUT2D eigenvalue weighted by Crippen LogP contribution is -2.43. The van der Waals surface area contributed by atoms with Gasteiger partial charge in [0.25, 0.3) is 0 Å². The van der Waals surface area contributed by atoms with Gasteiger partial charge in [-0.1, -0.05) is 49.7 Å². The van der Waals surface area contributed by atoms with E-state index in [0.29, 0.717) is 31.3 Å². The number of benzene rings is 2. The Labute approximate surface area is 165 Å². The van der Waals surface area contributed by atoms with Crippen molar-refractivity contribution in [3.8, 4) is 11.5 Å². The van der Waals surface area contributed by atoms with Crippen LogP contribution < -0.4 is 14.8 Å². The van der Waals surface area contributed by atoms with Crippen molar-refractivity contribution < 1.29 is 14.3 Å². The van der Waals surface area contributed by atoms with E-state index in [9.17, 15) is 4.79 Å². The number of nitrogens with one attached hydrogen (secondary N) is 1. The predicted molar refractivity (Wildman–Crippen MR) is 107 cm³/mol. The smallest absolute Gasteiger partial charge is 0.317 e. The van der Waals surface area contributed by atoms with Gasteiger partial charge in [0.05, 0.1) is 0 Å². The normalized spacial score (nSPS) is 13.2. The number of hydrogen-bond acceptors (Lipinski definition) is 3. The summed E-state index contributed by atoms with van der Waals surface area (Å²) in [6.07, 6.45) is 0. The number of nitrogens with zero attached hydrogens (tertiary/aromatic N) is 1. The Bertz CT molecular complexity index is 823. The number of carbonyl (C=O) groups is 1. The maximum absolute atomic E-state index is 12.5. The molecule has 2 aromatic carbocycles. The van der Waals surface area contributed by atoms with Gasteiger partial charge in [-0.15, -0.1) is 0 Å². The highest BCUT2D eigenvalue weighted by Crippen LogP contribution is 2.31. The summed E-state index contributed by atoms with van der Waals surface area (Å²) in [6.45, 7) is 6.21. The minimum Gasteiger partial charge on any atom is -0.486 e. The van der Waals surface area contributed by atoms with E-state index in [-0.39, 0.29) is 11.4 Å². The fourth-order valence-corrected chi connectivity index (χ4v) is 3.46. The predicted octanol–water partition coefficient (Wildman–Crippen LogP) is 4.23. The molecule has 0 radical (unpaired) electrons. The second-order valence-electron chi connectivity index (χ2n) is 7.36. The van der Waals surface area contributed by atoms with Crippen LogP contribution in [0.2, 0.25) is 5.02 Å². The van der Waals surface area contributed by atoms with Gasteiger partial charge in [0, 0.05) is 30.6 Å². The number of halogens is 1. The van der Waals surface area contributed by atoms with Crippen molar-refractivity contribution in [1.29, 1.82) is 0 Å². The summed E-state index contributed by atoms with van der Waals surface area (Å²) in [4.78, 5) is 14.2. The molecule has 0 spiro atoms. The summed E-state index contributed by atoms with van der Waals surface area (Å²) >= 11 is 6.31. The lowest BCUT2D eigenvalue weighted by atomic mass is 9.84. The first-order valence-electron chi connectivity index (χ1n) is 8.99. The molecular weight excluding hydrogens is 364 g/mol. The Hall–Kier alpha value is -2.40. The van der Waals surface area contributed by atoms with Crippen molar-refractivity contribution in [1.82, 2.24) is 10.2 Å². The second-order valence-corrected chi connectivity index (χ2v) is 7.76. The number of fused-ring (bicyclic) bond motifs is 1. The fourth-order valence-electron chi connectivity index (χ4n) is 3.07. The summed E-state index contributed by atoms with van der Waals surface area (Å²) < 4.78 is 11.1. The van der Waals surface area contributed by atoms with Crippen molar-refractivity contribution in [2.45, 2.75) is 25.8 Å². The summed E-state index contributed by atoms with van der Waals surface area (Å²) in [5.74, 6) is 1.48. The first kappa shape index (κ1) is 19.4. The van der Waals surface area contributed by atoms with Gasteiger partial charge in [0.2, 0.25) is 0 Å². The first-order chi connectivity index (χ1) is 12.9. The molecule has 1 aliphatic heterocycles. The van der Waals surface area contributed by atoms with Gasteiger partial charge < -0.3 is 19.7 Å². The SMILES string of the molecule is CN(Cc1ccc2c(c1)OCCO2)C(=O)NCC(C)(C)c1ccccc1Cl. The number of rotatable bonds is 5. The summed E-state index contributed by atoms with van der Waals surface area (Å²) in [5, 5.41) is 3.71. The van der Waals surface area contributed by atoms with Crippen LogP contribution in [-0.2, 0) is 12.0 Å². The standard InChI is InChI=1S/C21H25ClN2O3/c1-21(2,16-6-4-5-7-17(16)22)14-23-20(25)24(3)13-15-8-9-18-19(12-15)27-11-10-26-18/h4-9,12H,10-11,13-14H2,1-3H3,(H,23,25). The van der Waals surface area contributed by atoms with Crippen molar-refractivity contribution in [3.05, 3.63) is 58.6 Å². The Morgan fingerprint density at radius 2 is 1.85 bits per heavy atom. The molecule has 27 heavy (non-hydrogen) atoms. The monoisotopic (exact) mass is 388 g/mol. The topological polar surface area (TPSA) is 50.8 Å². The average molecular weight is 389 g/mol. The minimum absolute atomic E-state index is 0.134. The molecule has 1 aliphatic rings. The fraction of sp³-hybridized carbons (Fsp3) is 0.381. The Kier molecular flexibility index (Phi) is 5.80. The quantitative estimate of drug-likeness (QED) is 0.833. The summed E-state index contributed by atoms with van der Waals surface area (Å²) in [7, 11) is 1.77. The lowest BCUT2D eigenvalue weighted by molar-refractivity contribution is 0.171. The third-order valence-corrected chi connectivity index (χ3v) is 4.99. The summed E-state index contributed by atoms with van der Waals surface area (Å²) in [6, 6.07) is 13.3. The van der Waals surface area contributed by atoms with Crippen LogP contribution in [0, 0.1) is 0 Å². The number of amides is 2. The molecule has 0 unspecified atom stereocenters. The van der Waals surface area contributed by atoms with Gasteiger partial charge in [-0.05, 0) is 29.3 Å². The lowest BCUT2D eigenvalue weighted by Gasteiger charge is -2.28. The van der Waals surface area contributed by atoms with E-state index in [0.717, 1.165) is 22.6 Å². The molecule has 0 bridgehead atoms. The maximum Gasteiger partial charge on any atom is 0.317 e. The number of carbonyl (C=O) groups excluding carboxylic acids is 1. The zero-order chi connectivity index (χ0) is 19.4. The molecule has 2 aromatic rings. The van der Waals surface area contributed by atoms with Crippen LogP contribution in [0.25, 0.3) is 0 Å². The molecule has 0 aliphatic carbocycles. The second kappa shape index (κ2) is 8.09. The van der Waals surface area contributed by atoms with Crippen molar-refractivity contribution in [2.24, 2.45) is 0 Å². The third kappa shape index (κ3) is 4.66. The highest BCUT2D eigenvalue weighted by atomic mass is 35.5. The van der Waals surface area contributed by atoms with Crippen LogP contribution in [0.1, 0.15) is 25.0 Å². The molecule has 5 nitrogen and oxygen atoms in total. The van der Waals surface area contributed by atoms with Crippen molar-refractivity contribution >= 4 is 17.6 Å². The van der Waals surface area contributed by atoms with E-state index in [4.69, 9.17) is 21.1 Å². The van der Waals surface area contributed by atoms with E-state index in [2.05, 4.69) is 19.2 Å². The molecule has 0 atom stereocenters. The zero-order valence-corrected chi connectivity index (χ0v) is 16.7. The highest BCUT2D eigenvalue weighted by molar-refractivity contribution is 6.31. The van der Waals surface area contributed by atoms with E-state index in [1.165, 1.54) is 0 Å². The van der Waals surface area contributed by atoms with Crippen molar-refractivity contribution in [2.75, 3.05) is 26.8 Å². The van der Waals surface area contributed by atoms with Crippen molar-refractivity contribution in [3.63, 3.8) is 0 Å². The Morgan fingerprint density at radius 3 is 2.59 bits per heavy atom. The van der Waals surface area contributed by atoms with E-state index in [1.54, 1.807) is 11.9 Å². The molecule has 0 fully saturated rings. The molecular formula is C21H25ClN2O3. The number of hydrogen-bond donors (Lipinski definition) is 1. The Morgan fingerprint density at radius 1 is 1.15 bits per heavy atom. The molecule has 0 aromatic heterocycles. The molecule has 144 valence electrons. The molecule has 6 heteroatoms. The van der Waals surface area contributed by atoms with Crippen LogP contribution in [-0.4, -0.2) is 37.7 Å². The molecule has 3 rings (SSSR count). The van der Waals surface area contributed by atoms with Crippen LogP contribution in [0.15, 0.2) is 42.5 Å². The highest BCUT2D eigenvalue weighted by Gasteiger charge is 2.24. The van der Waals surface area contributed by atoms with Crippen LogP contribution in [0.4, 0.5) is 4.79 Å². The van der Waals surface area contributed by atoms with E-state index < -0.39 is 0 Å². The van der Waals surface area contributed by atoms with Gasteiger partial charge in [-0.3, -0.25) is 0 Å². The van der Waals surface area contributed by atoms with Gasteiger partial charge in [-0.2, -0.15) is 0 Å². The molecule has 2 amide bonds. The summed E-state index contributed by atoms with van der Waals surface area (Å²) in [5.41, 5.74) is 1.73. The third-order valence-electron chi connectivity index (χ3n) is 4.66. The Balaban J connectivity index is 1.58. The van der Waals surface area contributed by atoms with E-state index >= 15 is 0 Å². The van der Waals surface area contributed by atoms with Crippen LogP contribution in [0.3, 0.4) is 0 Å². The molecule has 0 saturated heterocycles. The number of urea groups is 1. The van der Waals surface area contributed by atoms with Crippen LogP contribution >= 0.6 is 11.6 Å². The van der Waals surface area contributed by atoms with E-state index in [1.807, 2.05) is 42.5 Å². The first-order valence-corrected chi connectivity index (χ1v) is 9.37. The largest absolute Gasteiger partial charge is 0.486 e. The van der Waals surface area contributed by atoms with Gasteiger partial charge in [-0.25, -0.2) is 4.79 Å². The van der Waals surface area contributed by atoms with Gasteiger partial charge >= 0.3 is 6.03 Å². The zero-order valence-electron chi connectivity index (χ0n) is 15.9. The van der Waals surface area contributed by atoms with Crippen LogP contribution in [0.5, 0.6) is 11.5 Å².